The fourth-order valence-electron chi connectivity index (χ4n) is 3.62. The molecule has 2 aromatic rings. The number of benzene rings is 2. The summed E-state index contributed by atoms with van der Waals surface area (Å²) in [6.45, 7) is 0.790. The Morgan fingerprint density at radius 1 is 1.10 bits per heavy atom. The van der Waals surface area contributed by atoms with Crippen molar-refractivity contribution in [3.63, 3.8) is 0 Å². The Hall–Kier alpha value is -3.52. The number of Topliss-reactive ketones (excluding diaryl/α,β-unsaturated/α-hetero) is 1. The molecular weight excluding hydrogens is 400 g/mol. The van der Waals surface area contributed by atoms with E-state index >= 15 is 0 Å². The zero-order valence-corrected chi connectivity index (χ0v) is 18.0. The summed E-state index contributed by atoms with van der Waals surface area (Å²) in [4.78, 5) is 29.3. The summed E-state index contributed by atoms with van der Waals surface area (Å²) >= 11 is 0. The van der Waals surface area contributed by atoms with E-state index < -0.39 is 23.5 Å². The van der Waals surface area contributed by atoms with Crippen LogP contribution in [0.1, 0.15) is 17.2 Å². The Balaban J connectivity index is 2.21. The van der Waals surface area contributed by atoms with Gasteiger partial charge in [0.15, 0.2) is 0 Å². The molecule has 8 nitrogen and oxygen atoms in total. The number of carbonyl (C=O) groups is 2. The van der Waals surface area contributed by atoms with Crippen LogP contribution in [-0.2, 0) is 9.59 Å². The van der Waals surface area contributed by atoms with Gasteiger partial charge in [0.1, 0.15) is 23.0 Å². The molecule has 1 atom stereocenters. The summed E-state index contributed by atoms with van der Waals surface area (Å²) in [5, 5.41) is 21.5. The van der Waals surface area contributed by atoms with E-state index in [1.54, 1.807) is 30.3 Å². The first kappa shape index (κ1) is 22.2. The molecule has 164 valence electrons. The molecule has 0 bridgehead atoms. The lowest BCUT2D eigenvalue weighted by atomic mass is 9.94. The Morgan fingerprint density at radius 3 is 2.42 bits per heavy atom. The van der Waals surface area contributed by atoms with Crippen LogP contribution < -0.4 is 9.47 Å². The Labute approximate surface area is 180 Å². The van der Waals surface area contributed by atoms with E-state index in [0.29, 0.717) is 23.6 Å². The molecule has 1 fully saturated rings. The average molecular weight is 426 g/mol. The molecule has 2 aromatic carbocycles. The maximum absolute atomic E-state index is 13.0. The molecule has 31 heavy (non-hydrogen) atoms. The second-order valence-electron chi connectivity index (χ2n) is 7.42. The summed E-state index contributed by atoms with van der Waals surface area (Å²) < 4.78 is 10.5. The molecule has 2 N–H and O–H groups in total. The third kappa shape index (κ3) is 4.20. The first-order valence-electron chi connectivity index (χ1n) is 9.73. The monoisotopic (exact) mass is 426 g/mol. The number of rotatable bonds is 7. The molecule has 1 amide bonds. The summed E-state index contributed by atoms with van der Waals surface area (Å²) in [5.74, 6) is -1.39. The molecule has 1 aliphatic rings. The van der Waals surface area contributed by atoms with Gasteiger partial charge in [0, 0.05) is 24.7 Å². The largest absolute Gasteiger partial charge is 0.507 e. The summed E-state index contributed by atoms with van der Waals surface area (Å²) in [5.41, 5.74) is 0.498. The molecule has 3 rings (SSSR count). The number of hydrogen-bond acceptors (Lipinski definition) is 7. The second kappa shape index (κ2) is 9.09. The first-order valence-corrected chi connectivity index (χ1v) is 9.73. The molecule has 1 saturated heterocycles. The number of para-hydroxylation sites is 1. The molecule has 0 aromatic heterocycles. The van der Waals surface area contributed by atoms with Crippen molar-refractivity contribution in [1.82, 2.24) is 9.80 Å². The predicted molar refractivity (Wildman–Crippen MR) is 115 cm³/mol. The zero-order valence-electron chi connectivity index (χ0n) is 18.0. The Kier molecular flexibility index (Phi) is 6.50. The SMILES string of the molecule is COc1ccc(C(O)=C2C(=O)C(=O)N(CCN(C)C)C2c2ccccc2OC)c(O)c1. The van der Waals surface area contributed by atoms with Crippen LogP contribution in [-0.4, -0.2) is 73.1 Å². The van der Waals surface area contributed by atoms with E-state index in [0.717, 1.165) is 0 Å². The van der Waals surface area contributed by atoms with Crippen LogP contribution in [0.5, 0.6) is 17.2 Å². The van der Waals surface area contributed by atoms with Crippen molar-refractivity contribution in [3.8, 4) is 17.2 Å². The summed E-state index contributed by atoms with van der Waals surface area (Å²) in [6.07, 6.45) is 0. The van der Waals surface area contributed by atoms with E-state index in [-0.39, 0.29) is 23.4 Å². The third-order valence-corrected chi connectivity index (χ3v) is 5.22. The van der Waals surface area contributed by atoms with Crippen LogP contribution in [0, 0.1) is 0 Å². The van der Waals surface area contributed by atoms with Gasteiger partial charge >= 0.3 is 0 Å². The number of ether oxygens (including phenoxy) is 2. The van der Waals surface area contributed by atoms with E-state index in [9.17, 15) is 19.8 Å². The lowest BCUT2D eigenvalue weighted by molar-refractivity contribution is -0.140. The lowest BCUT2D eigenvalue weighted by Gasteiger charge is -2.27. The number of nitrogens with zero attached hydrogens (tertiary/aromatic N) is 2. The predicted octanol–water partition coefficient (Wildman–Crippen LogP) is 2.39. The fraction of sp³-hybridized carbons (Fsp3) is 0.304. The molecule has 0 spiro atoms. The van der Waals surface area contributed by atoms with Gasteiger partial charge < -0.3 is 29.5 Å². The van der Waals surface area contributed by atoms with Crippen LogP contribution in [0.3, 0.4) is 0 Å². The highest BCUT2D eigenvalue weighted by molar-refractivity contribution is 6.46. The highest BCUT2D eigenvalue weighted by Gasteiger charge is 2.47. The van der Waals surface area contributed by atoms with Crippen LogP contribution in [0.15, 0.2) is 48.0 Å². The van der Waals surface area contributed by atoms with Gasteiger partial charge in [-0.15, -0.1) is 0 Å². The second-order valence-corrected chi connectivity index (χ2v) is 7.42. The van der Waals surface area contributed by atoms with Crippen molar-refractivity contribution in [2.75, 3.05) is 41.4 Å². The summed E-state index contributed by atoms with van der Waals surface area (Å²) in [6, 6.07) is 10.5. The summed E-state index contributed by atoms with van der Waals surface area (Å²) in [7, 11) is 6.68. The van der Waals surface area contributed by atoms with Gasteiger partial charge in [-0.2, -0.15) is 0 Å². The minimum absolute atomic E-state index is 0.0336. The van der Waals surface area contributed by atoms with Crippen LogP contribution >= 0.6 is 0 Å². The average Bonchev–Trinajstić information content (AvgIpc) is 3.01. The smallest absolute Gasteiger partial charge is 0.295 e. The van der Waals surface area contributed by atoms with Gasteiger partial charge in [-0.05, 0) is 32.3 Å². The molecule has 8 heteroatoms. The number of aromatic hydroxyl groups is 1. The van der Waals surface area contributed by atoms with E-state index in [4.69, 9.17) is 9.47 Å². The standard InChI is InChI=1S/C23H26N2O6/c1-24(2)11-12-25-20(16-7-5-6-8-18(16)31-4)19(22(28)23(25)29)21(27)15-10-9-14(30-3)13-17(15)26/h5-10,13,20,26-27H,11-12H2,1-4H3. The fourth-order valence-corrected chi connectivity index (χ4v) is 3.62. The quantitative estimate of drug-likeness (QED) is 0.398. The van der Waals surface area contributed by atoms with Crippen molar-refractivity contribution < 1.29 is 29.3 Å². The number of aliphatic hydroxyl groups is 1. The molecule has 1 heterocycles. The van der Waals surface area contributed by atoms with Gasteiger partial charge in [0.25, 0.3) is 11.7 Å². The number of likely N-dealkylation sites (N-methyl/N-ethyl adjacent to an activating group) is 1. The van der Waals surface area contributed by atoms with E-state index in [2.05, 4.69) is 0 Å². The molecule has 0 saturated carbocycles. The number of phenolic OH excluding ortho intramolecular Hbond substituents is 1. The van der Waals surface area contributed by atoms with Crippen LogP contribution in [0.2, 0.25) is 0 Å². The van der Waals surface area contributed by atoms with Gasteiger partial charge in [0.05, 0.1) is 31.4 Å². The molecule has 0 radical (unpaired) electrons. The van der Waals surface area contributed by atoms with Crippen LogP contribution in [0.4, 0.5) is 0 Å². The number of amides is 1. The van der Waals surface area contributed by atoms with Crippen LogP contribution in [0.25, 0.3) is 5.76 Å². The third-order valence-electron chi connectivity index (χ3n) is 5.22. The number of carbonyl (C=O) groups excluding carboxylic acids is 2. The first-order chi connectivity index (χ1) is 14.8. The minimum atomic E-state index is -0.863. The van der Waals surface area contributed by atoms with E-state index in [1.165, 1.54) is 31.3 Å². The molecule has 1 unspecified atom stereocenters. The van der Waals surface area contributed by atoms with Gasteiger partial charge in [-0.1, -0.05) is 18.2 Å². The highest BCUT2D eigenvalue weighted by Crippen LogP contribution is 2.43. The van der Waals surface area contributed by atoms with Gasteiger partial charge in [-0.3, -0.25) is 9.59 Å². The number of hydrogen-bond donors (Lipinski definition) is 2. The van der Waals surface area contributed by atoms with Gasteiger partial charge in [-0.25, -0.2) is 0 Å². The van der Waals surface area contributed by atoms with Crippen molar-refractivity contribution >= 4 is 17.4 Å². The van der Waals surface area contributed by atoms with Gasteiger partial charge in [0.2, 0.25) is 0 Å². The van der Waals surface area contributed by atoms with Crippen molar-refractivity contribution in [2.45, 2.75) is 6.04 Å². The Morgan fingerprint density at radius 2 is 1.81 bits per heavy atom. The molecule has 0 aliphatic carbocycles. The van der Waals surface area contributed by atoms with Crippen molar-refractivity contribution in [2.24, 2.45) is 0 Å². The maximum atomic E-state index is 13.0. The molecule has 1 aliphatic heterocycles. The van der Waals surface area contributed by atoms with Crippen molar-refractivity contribution in [1.29, 1.82) is 0 Å². The molecular formula is C23H26N2O6. The number of aliphatic hydroxyl groups excluding tert-OH is 1. The maximum Gasteiger partial charge on any atom is 0.295 e. The highest BCUT2D eigenvalue weighted by atomic mass is 16.5. The zero-order chi connectivity index (χ0) is 22.7. The number of ketones is 1. The topological polar surface area (TPSA) is 99.5 Å². The normalized spacial score (nSPS) is 18.0. The minimum Gasteiger partial charge on any atom is -0.507 e. The van der Waals surface area contributed by atoms with E-state index in [1.807, 2.05) is 19.0 Å². The number of likely N-dealkylation sites (tertiary alicyclic amines) is 1. The number of phenols is 1. The lowest BCUT2D eigenvalue weighted by Crippen LogP contribution is -2.35. The van der Waals surface area contributed by atoms with Crippen molar-refractivity contribution in [3.05, 3.63) is 59.2 Å². The number of methoxy groups -OCH3 is 2. The Bertz CT molecular complexity index is 1030.